The zero-order valence-electron chi connectivity index (χ0n) is 13.9. The minimum Gasteiger partial charge on any atom is -0.0761 e. The third kappa shape index (κ3) is 8.89. The van der Waals surface area contributed by atoms with E-state index in [-0.39, 0.29) is 0 Å². The van der Waals surface area contributed by atoms with Gasteiger partial charge in [0, 0.05) is 11.1 Å². The minimum atomic E-state index is 1.02. The van der Waals surface area contributed by atoms with Crippen LogP contribution in [0.3, 0.4) is 0 Å². The molecule has 0 unspecified atom stereocenters. The number of unbranched alkanes of at least 4 members (excludes halogenated alkanes) is 4. The van der Waals surface area contributed by atoms with Gasteiger partial charge in [0.1, 0.15) is 0 Å². The van der Waals surface area contributed by atoms with Gasteiger partial charge in [0.25, 0.3) is 0 Å². The van der Waals surface area contributed by atoms with Gasteiger partial charge in [0.15, 0.2) is 0 Å². The zero-order valence-corrected chi connectivity index (χ0v) is 13.9. The molecule has 0 saturated heterocycles. The van der Waals surface area contributed by atoms with Crippen LogP contribution in [0.15, 0.2) is 48.6 Å². The van der Waals surface area contributed by atoms with E-state index in [1.807, 2.05) is 36.4 Å². The quantitative estimate of drug-likeness (QED) is 0.453. The Kier molecular flexibility index (Phi) is 10.2. The van der Waals surface area contributed by atoms with E-state index in [0.29, 0.717) is 0 Å². The van der Waals surface area contributed by atoms with Crippen molar-refractivity contribution < 1.29 is 0 Å². The SMILES string of the molecule is CCCC/C=C/C#Cc1cccc(C#C/C=C/CCCC)c1. The maximum Gasteiger partial charge on any atom is 0.0261 e. The lowest BCUT2D eigenvalue weighted by atomic mass is 10.1. The van der Waals surface area contributed by atoms with Crippen molar-refractivity contribution in [1.29, 1.82) is 0 Å². The third-order valence-electron chi connectivity index (χ3n) is 3.15. The molecule has 0 fully saturated rings. The second-order valence-electron chi connectivity index (χ2n) is 5.21. The topological polar surface area (TPSA) is 0 Å². The largest absolute Gasteiger partial charge is 0.0761 e. The summed E-state index contributed by atoms with van der Waals surface area (Å²) in [6, 6.07) is 8.10. The molecule has 1 aromatic carbocycles. The Labute approximate surface area is 136 Å². The second-order valence-corrected chi connectivity index (χ2v) is 5.21. The first-order valence-electron chi connectivity index (χ1n) is 8.30. The van der Waals surface area contributed by atoms with Crippen LogP contribution in [-0.2, 0) is 0 Å². The van der Waals surface area contributed by atoms with Crippen molar-refractivity contribution in [2.24, 2.45) is 0 Å². The summed E-state index contributed by atoms with van der Waals surface area (Å²) in [5.74, 6) is 12.5. The number of allylic oxidation sites excluding steroid dienone is 4. The molecular formula is C22H26. The highest BCUT2D eigenvalue weighted by Crippen LogP contribution is 2.03. The van der Waals surface area contributed by atoms with Crippen LogP contribution in [0.1, 0.15) is 63.5 Å². The number of hydrogen-bond donors (Lipinski definition) is 0. The lowest BCUT2D eigenvalue weighted by molar-refractivity contribution is 0.815. The van der Waals surface area contributed by atoms with E-state index in [9.17, 15) is 0 Å². The van der Waals surface area contributed by atoms with Gasteiger partial charge in [0.2, 0.25) is 0 Å². The molecule has 0 aliphatic carbocycles. The Morgan fingerprint density at radius 3 is 1.77 bits per heavy atom. The van der Waals surface area contributed by atoms with Crippen LogP contribution < -0.4 is 0 Å². The Morgan fingerprint density at radius 1 is 0.818 bits per heavy atom. The highest BCUT2D eigenvalue weighted by atomic mass is 13.9. The predicted molar refractivity (Wildman–Crippen MR) is 97.5 cm³/mol. The van der Waals surface area contributed by atoms with Crippen molar-refractivity contribution in [3.05, 3.63) is 59.7 Å². The van der Waals surface area contributed by atoms with Crippen LogP contribution >= 0.6 is 0 Å². The minimum absolute atomic E-state index is 1.02. The molecule has 0 amide bonds. The lowest BCUT2D eigenvalue weighted by Gasteiger charge is -1.91. The van der Waals surface area contributed by atoms with Crippen molar-refractivity contribution in [3.63, 3.8) is 0 Å². The van der Waals surface area contributed by atoms with Crippen LogP contribution in [-0.4, -0.2) is 0 Å². The Balaban J connectivity index is 2.56. The summed E-state index contributed by atoms with van der Waals surface area (Å²) in [6.45, 7) is 4.40. The van der Waals surface area contributed by atoms with Gasteiger partial charge in [-0.05, 0) is 43.2 Å². The number of rotatable bonds is 6. The van der Waals surface area contributed by atoms with Crippen LogP contribution in [0.5, 0.6) is 0 Å². The summed E-state index contributed by atoms with van der Waals surface area (Å²) in [5.41, 5.74) is 2.03. The zero-order chi connectivity index (χ0) is 15.9. The van der Waals surface area contributed by atoms with E-state index in [1.54, 1.807) is 0 Å². The van der Waals surface area contributed by atoms with Crippen LogP contribution in [0.2, 0.25) is 0 Å². The van der Waals surface area contributed by atoms with Gasteiger partial charge >= 0.3 is 0 Å². The van der Waals surface area contributed by atoms with E-state index >= 15 is 0 Å². The average molecular weight is 290 g/mol. The smallest absolute Gasteiger partial charge is 0.0261 e. The van der Waals surface area contributed by atoms with Crippen LogP contribution in [0, 0.1) is 23.7 Å². The van der Waals surface area contributed by atoms with Gasteiger partial charge < -0.3 is 0 Å². The van der Waals surface area contributed by atoms with Crippen LogP contribution in [0.4, 0.5) is 0 Å². The Bertz CT molecular complexity index is 543. The standard InChI is InChI=1S/C22H26/c1-3-5-7-9-11-13-16-21-18-15-19-22(20-21)17-14-12-10-8-6-4-2/h9-12,15,18-20H,3-8H2,1-2H3/b11-9+,12-10+. The molecule has 0 aliphatic rings. The van der Waals surface area contributed by atoms with E-state index in [4.69, 9.17) is 0 Å². The van der Waals surface area contributed by atoms with Crippen molar-refractivity contribution in [3.8, 4) is 23.7 Å². The normalized spacial score (nSPS) is 10.3. The van der Waals surface area contributed by atoms with E-state index in [1.165, 1.54) is 25.7 Å². The molecule has 0 aliphatic heterocycles. The van der Waals surface area contributed by atoms with Gasteiger partial charge in [-0.25, -0.2) is 0 Å². The third-order valence-corrected chi connectivity index (χ3v) is 3.15. The predicted octanol–water partition coefficient (Wildman–Crippen LogP) is 5.88. The lowest BCUT2D eigenvalue weighted by Crippen LogP contribution is -1.77. The molecule has 0 heterocycles. The Hall–Kier alpha value is -2.18. The van der Waals surface area contributed by atoms with E-state index < -0.39 is 0 Å². The summed E-state index contributed by atoms with van der Waals surface area (Å²) in [5, 5.41) is 0. The van der Waals surface area contributed by atoms with Gasteiger partial charge in [-0.1, -0.05) is 81.4 Å². The average Bonchev–Trinajstić information content (AvgIpc) is 2.54. The number of benzene rings is 1. The highest BCUT2D eigenvalue weighted by molar-refractivity contribution is 5.45. The van der Waals surface area contributed by atoms with Gasteiger partial charge in [0.05, 0.1) is 0 Å². The fraction of sp³-hybridized carbons (Fsp3) is 0.364. The van der Waals surface area contributed by atoms with Crippen molar-refractivity contribution in [2.45, 2.75) is 52.4 Å². The molecule has 0 saturated carbocycles. The molecule has 0 heteroatoms. The molecule has 0 radical (unpaired) electrons. The van der Waals surface area contributed by atoms with Crippen molar-refractivity contribution in [1.82, 2.24) is 0 Å². The fourth-order valence-corrected chi connectivity index (χ4v) is 1.85. The molecule has 0 bridgehead atoms. The van der Waals surface area contributed by atoms with E-state index in [0.717, 1.165) is 24.0 Å². The summed E-state index contributed by atoms with van der Waals surface area (Å²) in [7, 11) is 0. The van der Waals surface area contributed by atoms with Gasteiger partial charge in [-0.15, -0.1) is 0 Å². The molecule has 0 aromatic heterocycles. The highest BCUT2D eigenvalue weighted by Gasteiger charge is 1.88. The fourth-order valence-electron chi connectivity index (χ4n) is 1.85. The van der Waals surface area contributed by atoms with Crippen molar-refractivity contribution >= 4 is 0 Å². The molecule has 0 atom stereocenters. The van der Waals surface area contributed by atoms with Crippen LogP contribution in [0.25, 0.3) is 0 Å². The number of hydrogen-bond acceptors (Lipinski definition) is 0. The van der Waals surface area contributed by atoms with Crippen molar-refractivity contribution in [2.75, 3.05) is 0 Å². The molecule has 0 spiro atoms. The van der Waals surface area contributed by atoms with Gasteiger partial charge in [-0.2, -0.15) is 0 Å². The molecule has 1 aromatic rings. The molecule has 114 valence electrons. The summed E-state index contributed by atoms with van der Waals surface area (Å²) < 4.78 is 0. The maximum absolute atomic E-state index is 3.16. The maximum atomic E-state index is 3.16. The molecule has 0 nitrogen and oxygen atoms in total. The monoisotopic (exact) mass is 290 g/mol. The summed E-state index contributed by atoms with van der Waals surface area (Å²) in [4.78, 5) is 0. The first kappa shape index (κ1) is 17.9. The molecular weight excluding hydrogens is 264 g/mol. The first-order valence-corrected chi connectivity index (χ1v) is 8.30. The molecule has 1 rings (SSSR count). The molecule has 22 heavy (non-hydrogen) atoms. The Morgan fingerprint density at radius 2 is 1.32 bits per heavy atom. The summed E-state index contributed by atoms with van der Waals surface area (Å²) in [6.07, 6.45) is 15.3. The van der Waals surface area contributed by atoms with E-state index in [2.05, 4.69) is 49.7 Å². The summed E-state index contributed by atoms with van der Waals surface area (Å²) >= 11 is 0. The second kappa shape index (κ2) is 12.6. The molecule has 0 N–H and O–H groups in total. The van der Waals surface area contributed by atoms with Gasteiger partial charge in [-0.3, -0.25) is 0 Å². The first-order chi connectivity index (χ1) is 10.9.